The third-order valence-corrected chi connectivity index (χ3v) is 2.76. The first-order valence-electron chi connectivity index (χ1n) is 6.00. The molecule has 1 atom stereocenters. The maximum atomic E-state index is 8.80. The van der Waals surface area contributed by atoms with Gasteiger partial charge in [-0.3, -0.25) is 4.68 Å². The molecule has 0 aromatic carbocycles. The topological polar surface area (TPSA) is 50.1 Å². The molecule has 0 amide bonds. The lowest BCUT2D eigenvalue weighted by atomic mass is 10.1. The molecule has 0 saturated heterocycles. The van der Waals surface area contributed by atoms with E-state index >= 15 is 0 Å². The molecule has 1 aromatic rings. The monoisotopic (exact) mass is 225 g/mol. The standard InChI is InChI=1S/C12H23N3O/c1-4-12-11(9-15(3)14-12)8-13-7-10(2)5-6-16/h9-10,13,16H,4-8H2,1-3H3. The zero-order chi connectivity index (χ0) is 12.0. The van der Waals surface area contributed by atoms with Gasteiger partial charge in [-0.15, -0.1) is 0 Å². The molecule has 0 radical (unpaired) electrons. The van der Waals surface area contributed by atoms with Crippen LogP contribution in [0.2, 0.25) is 0 Å². The zero-order valence-corrected chi connectivity index (χ0v) is 10.5. The van der Waals surface area contributed by atoms with E-state index in [1.165, 1.54) is 11.3 Å². The van der Waals surface area contributed by atoms with Gasteiger partial charge in [0.1, 0.15) is 0 Å². The van der Waals surface area contributed by atoms with Crippen LogP contribution in [-0.4, -0.2) is 28.0 Å². The van der Waals surface area contributed by atoms with Crippen molar-refractivity contribution in [2.45, 2.75) is 33.2 Å². The van der Waals surface area contributed by atoms with E-state index in [-0.39, 0.29) is 6.61 Å². The number of hydrogen-bond acceptors (Lipinski definition) is 3. The molecular weight excluding hydrogens is 202 g/mol. The van der Waals surface area contributed by atoms with Crippen molar-refractivity contribution >= 4 is 0 Å². The second-order valence-corrected chi connectivity index (χ2v) is 4.38. The van der Waals surface area contributed by atoms with E-state index in [2.05, 4.69) is 30.5 Å². The maximum absolute atomic E-state index is 8.80. The molecule has 92 valence electrons. The Labute approximate surface area is 97.7 Å². The Morgan fingerprint density at radius 3 is 2.94 bits per heavy atom. The predicted octanol–water partition coefficient (Wildman–Crippen LogP) is 1.09. The van der Waals surface area contributed by atoms with Crippen molar-refractivity contribution < 1.29 is 5.11 Å². The van der Waals surface area contributed by atoms with E-state index in [9.17, 15) is 0 Å². The van der Waals surface area contributed by atoms with Crippen molar-refractivity contribution in [2.75, 3.05) is 13.2 Å². The molecule has 0 saturated carbocycles. The summed E-state index contributed by atoms with van der Waals surface area (Å²) in [5.41, 5.74) is 2.45. The van der Waals surface area contributed by atoms with Crippen LogP contribution in [0.25, 0.3) is 0 Å². The number of rotatable bonds is 7. The summed E-state index contributed by atoms with van der Waals surface area (Å²) < 4.78 is 1.87. The predicted molar refractivity (Wildman–Crippen MR) is 65.2 cm³/mol. The van der Waals surface area contributed by atoms with Gasteiger partial charge in [0.25, 0.3) is 0 Å². The number of aryl methyl sites for hydroxylation is 2. The number of hydrogen-bond donors (Lipinski definition) is 2. The highest BCUT2D eigenvalue weighted by atomic mass is 16.3. The molecule has 0 spiro atoms. The Balaban J connectivity index is 2.36. The third kappa shape index (κ3) is 3.94. The first-order chi connectivity index (χ1) is 7.67. The van der Waals surface area contributed by atoms with Gasteiger partial charge in [0.05, 0.1) is 5.69 Å². The van der Waals surface area contributed by atoms with Crippen LogP contribution >= 0.6 is 0 Å². The van der Waals surface area contributed by atoms with Crippen LogP contribution in [0.3, 0.4) is 0 Å². The lowest BCUT2D eigenvalue weighted by Gasteiger charge is -2.10. The Hall–Kier alpha value is -0.870. The van der Waals surface area contributed by atoms with E-state index in [1.54, 1.807) is 0 Å². The second kappa shape index (κ2) is 6.66. The lowest BCUT2D eigenvalue weighted by molar-refractivity contribution is 0.260. The minimum absolute atomic E-state index is 0.274. The average Bonchev–Trinajstić information content (AvgIpc) is 2.59. The Kier molecular flexibility index (Phi) is 5.49. The SMILES string of the molecule is CCc1nn(C)cc1CNCC(C)CCO. The molecule has 4 nitrogen and oxygen atoms in total. The highest BCUT2D eigenvalue weighted by Gasteiger charge is 2.06. The van der Waals surface area contributed by atoms with E-state index in [4.69, 9.17) is 5.11 Å². The Morgan fingerprint density at radius 2 is 2.31 bits per heavy atom. The van der Waals surface area contributed by atoms with Crippen LogP contribution in [0.4, 0.5) is 0 Å². The van der Waals surface area contributed by atoms with Crippen LogP contribution in [0.1, 0.15) is 31.5 Å². The summed E-state index contributed by atoms with van der Waals surface area (Å²) in [7, 11) is 1.96. The van der Waals surface area contributed by atoms with E-state index < -0.39 is 0 Å². The third-order valence-electron chi connectivity index (χ3n) is 2.76. The highest BCUT2D eigenvalue weighted by Crippen LogP contribution is 2.07. The van der Waals surface area contributed by atoms with Crippen molar-refractivity contribution in [1.82, 2.24) is 15.1 Å². The number of nitrogens with zero attached hydrogens (tertiary/aromatic N) is 2. The van der Waals surface area contributed by atoms with Crippen molar-refractivity contribution in [3.63, 3.8) is 0 Å². The van der Waals surface area contributed by atoms with Crippen LogP contribution in [0.5, 0.6) is 0 Å². The summed E-state index contributed by atoms with van der Waals surface area (Å²) in [5, 5.41) is 16.6. The molecule has 0 aliphatic rings. The normalized spacial score (nSPS) is 13.0. The molecule has 0 fully saturated rings. The fraction of sp³-hybridized carbons (Fsp3) is 0.750. The molecule has 1 unspecified atom stereocenters. The highest BCUT2D eigenvalue weighted by molar-refractivity contribution is 5.16. The Morgan fingerprint density at radius 1 is 1.56 bits per heavy atom. The van der Waals surface area contributed by atoms with Crippen molar-refractivity contribution in [3.05, 3.63) is 17.5 Å². The minimum Gasteiger partial charge on any atom is -0.396 e. The molecule has 0 bridgehead atoms. The first kappa shape index (κ1) is 13.2. The fourth-order valence-electron chi connectivity index (χ4n) is 1.80. The van der Waals surface area contributed by atoms with Crippen LogP contribution < -0.4 is 5.32 Å². The van der Waals surface area contributed by atoms with Gasteiger partial charge < -0.3 is 10.4 Å². The fourth-order valence-corrected chi connectivity index (χ4v) is 1.80. The molecule has 4 heteroatoms. The largest absolute Gasteiger partial charge is 0.396 e. The zero-order valence-electron chi connectivity index (χ0n) is 10.5. The summed E-state index contributed by atoms with van der Waals surface area (Å²) in [6.07, 6.45) is 3.91. The van der Waals surface area contributed by atoms with Crippen LogP contribution in [0.15, 0.2) is 6.20 Å². The second-order valence-electron chi connectivity index (χ2n) is 4.38. The number of aliphatic hydroxyl groups is 1. The van der Waals surface area contributed by atoms with Gasteiger partial charge in [-0.2, -0.15) is 5.10 Å². The van der Waals surface area contributed by atoms with Crippen LogP contribution in [-0.2, 0) is 20.0 Å². The molecule has 0 aliphatic heterocycles. The maximum Gasteiger partial charge on any atom is 0.0666 e. The van der Waals surface area contributed by atoms with Gasteiger partial charge in [-0.25, -0.2) is 0 Å². The summed E-state index contributed by atoms with van der Waals surface area (Å²) >= 11 is 0. The summed E-state index contributed by atoms with van der Waals surface area (Å²) in [6.45, 7) is 6.36. The molecule has 1 rings (SSSR count). The summed E-state index contributed by atoms with van der Waals surface area (Å²) in [4.78, 5) is 0. The van der Waals surface area contributed by atoms with E-state index in [1.807, 2.05) is 11.7 Å². The van der Waals surface area contributed by atoms with E-state index in [0.717, 1.165) is 25.9 Å². The number of aliphatic hydroxyl groups excluding tert-OH is 1. The molecular formula is C12H23N3O. The van der Waals surface area contributed by atoms with Gasteiger partial charge in [-0.05, 0) is 25.3 Å². The van der Waals surface area contributed by atoms with E-state index in [0.29, 0.717) is 5.92 Å². The summed E-state index contributed by atoms with van der Waals surface area (Å²) in [6, 6.07) is 0. The molecule has 16 heavy (non-hydrogen) atoms. The van der Waals surface area contributed by atoms with Gasteiger partial charge >= 0.3 is 0 Å². The van der Waals surface area contributed by atoms with Gasteiger partial charge in [-0.1, -0.05) is 13.8 Å². The molecule has 2 N–H and O–H groups in total. The summed E-state index contributed by atoms with van der Waals surface area (Å²) in [5.74, 6) is 0.520. The van der Waals surface area contributed by atoms with Gasteiger partial charge in [0, 0.05) is 32.0 Å². The van der Waals surface area contributed by atoms with Crippen LogP contribution in [0, 0.1) is 5.92 Å². The van der Waals surface area contributed by atoms with Crippen molar-refractivity contribution in [3.8, 4) is 0 Å². The smallest absolute Gasteiger partial charge is 0.0666 e. The minimum atomic E-state index is 0.274. The van der Waals surface area contributed by atoms with Crippen molar-refractivity contribution in [2.24, 2.45) is 13.0 Å². The van der Waals surface area contributed by atoms with Gasteiger partial charge in [0.15, 0.2) is 0 Å². The lowest BCUT2D eigenvalue weighted by Crippen LogP contribution is -2.21. The first-order valence-corrected chi connectivity index (χ1v) is 6.00. The van der Waals surface area contributed by atoms with Crippen molar-refractivity contribution in [1.29, 1.82) is 0 Å². The number of aromatic nitrogens is 2. The average molecular weight is 225 g/mol. The molecule has 0 aliphatic carbocycles. The number of nitrogens with one attached hydrogen (secondary N) is 1. The Bertz CT molecular complexity index is 309. The molecule has 1 aromatic heterocycles. The quantitative estimate of drug-likeness (QED) is 0.730. The molecule has 1 heterocycles. The van der Waals surface area contributed by atoms with Gasteiger partial charge in [0.2, 0.25) is 0 Å².